The predicted molar refractivity (Wildman–Crippen MR) is 85.7 cm³/mol. The molecule has 1 aliphatic rings. The fraction of sp³-hybridized carbons (Fsp3) is 0.500. The van der Waals surface area contributed by atoms with Gasteiger partial charge in [0, 0.05) is 17.6 Å². The number of amides is 1. The largest absolute Gasteiger partial charge is 0.497 e. The summed E-state index contributed by atoms with van der Waals surface area (Å²) in [6, 6.07) is 5.75. The average molecular weight is 370 g/mol. The van der Waals surface area contributed by atoms with Crippen LogP contribution in [0.2, 0.25) is 0 Å². The molecule has 0 radical (unpaired) electrons. The van der Waals surface area contributed by atoms with Gasteiger partial charge in [0.05, 0.1) is 13.7 Å². The van der Waals surface area contributed by atoms with Crippen molar-refractivity contribution < 1.29 is 19.1 Å². The Morgan fingerprint density at radius 2 is 2.18 bits per heavy atom. The molecule has 0 aromatic heterocycles. The summed E-state index contributed by atoms with van der Waals surface area (Å²) >= 11 is 3.52. The van der Waals surface area contributed by atoms with Gasteiger partial charge in [-0.1, -0.05) is 22.0 Å². The van der Waals surface area contributed by atoms with Gasteiger partial charge >= 0.3 is 5.97 Å². The molecular formula is C16H20BrNO4. The summed E-state index contributed by atoms with van der Waals surface area (Å²) in [6.07, 6.45) is 1.18. The Kier molecular flexibility index (Phi) is 5.45. The average Bonchev–Trinajstić information content (AvgIpc) is 2.78. The Labute approximate surface area is 138 Å². The van der Waals surface area contributed by atoms with E-state index in [1.807, 2.05) is 18.2 Å². The van der Waals surface area contributed by atoms with Crippen LogP contribution in [0.25, 0.3) is 0 Å². The van der Waals surface area contributed by atoms with E-state index in [0.29, 0.717) is 19.4 Å². The van der Waals surface area contributed by atoms with E-state index in [1.165, 1.54) is 0 Å². The third-order valence-corrected chi connectivity index (χ3v) is 4.73. The number of likely N-dealkylation sites (tertiary alicyclic amines) is 1. The van der Waals surface area contributed by atoms with E-state index >= 15 is 0 Å². The van der Waals surface area contributed by atoms with Gasteiger partial charge < -0.3 is 14.4 Å². The maximum atomic E-state index is 12.2. The maximum Gasteiger partial charge on any atom is 0.318 e. The highest BCUT2D eigenvalue weighted by atomic mass is 79.9. The van der Waals surface area contributed by atoms with Crippen LogP contribution in [-0.2, 0) is 20.7 Å². The normalized spacial score (nSPS) is 21.1. The number of ether oxygens (including phenoxy) is 2. The zero-order valence-electron chi connectivity index (χ0n) is 13.0. The fourth-order valence-corrected chi connectivity index (χ4v) is 3.21. The van der Waals surface area contributed by atoms with E-state index in [9.17, 15) is 9.59 Å². The van der Waals surface area contributed by atoms with Crippen molar-refractivity contribution >= 4 is 27.8 Å². The molecule has 0 saturated carbocycles. The van der Waals surface area contributed by atoms with Crippen LogP contribution in [0.3, 0.4) is 0 Å². The Morgan fingerprint density at radius 1 is 1.45 bits per heavy atom. The zero-order valence-corrected chi connectivity index (χ0v) is 14.6. The van der Waals surface area contributed by atoms with Crippen molar-refractivity contribution in [2.75, 3.05) is 20.8 Å². The lowest BCUT2D eigenvalue weighted by Gasteiger charge is -2.20. The van der Waals surface area contributed by atoms with Crippen LogP contribution >= 0.6 is 15.9 Å². The molecule has 6 heteroatoms. The van der Waals surface area contributed by atoms with Crippen molar-refractivity contribution in [3.63, 3.8) is 0 Å². The van der Waals surface area contributed by atoms with Crippen molar-refractivity contribution in [1.29, 1.82) is 0 Å². The number of methoxy groups -OCH3 is 1. The van der Waals surface area contributed by atoms with Crippen molar-refractivity contribution in [2.45, 2.75) is 25.8 Å². The Hall–Kier alpha value is -1.56. The van der Waals surface area contributed by atoms with Gasteiger partial charge in [-0.2, -0.15) is 0 Å². The van der Waals surface area contributed by atoms with Gasteiger partial charge in [-0.25, -0.2) is 0 Å². The first-order valence-electron chi connectivity index (χ1n) is 7.23. The van der Waals surface area contributed by atoms with E-state index in [0.717, 1.165) is 15.8 Å². The maximum absolute atomic E-state index is 12.2. The molecule has 5 nitrogen and oxygen atoms in total. The number of carbonyl (C=O) groups excluding carboxylic acids is 2. The van der Waals surface area contributed by atoms with Crippen LogP contribution in [0.1, 0.15) is 18.9 Å². The SMILES string of the molecule is CCOC(=O)C1C[C@@H](Cc2ccc(OC)cc2Br)N(C)C1=O. The molecule has 2 atom stereocenters. The molecule has 1 heterocycles. The predicted octanol–water partition coefficient (Wildman–Crippen LogP) is 2.41. The summed E-state index contributed by atoms with van der Waals surface area (Å²) in [5, 5.41) is 0. The van der Waals surface area contributed by atoms with Crippen molar-refractivity contribution in [3.8, 4) is 5.75 Å². The molecule has 1 fully saturated rings. The summed E-state index contributed by atoms with van der Waals surface area (Å²) < 4.78 is 11.1. The number of carbonyl (C=O) groups is 2. The molecule has 1 saturated heterocycles. The van der Waals surface area contributed by atoms with Crippen LogP contribution in [0, 0.1) is 5.92 Å². The highest BCUT2D eigenvalue weighted by Crippen LogP contribution is 2.30. The number of esters is 1. The molecular weight excluding hydrogens is 350 g/mol. The summed E-state index contributed by atoms with van der Waals surface area (Å²) in [7, 11) is 3.36. The molecule has 0 bridgehead atoms. The number of halogens is 1. The molecule has 2 rings (SSSR count). The topological polar surface area (TPSA) is 55.8 Å². The van der Waals surface area contributed by atoms with Gasteiger partial charge in [0.25, 0.3) is 0 Å². The highest BCUT2D eigenvalue weighted by Gasteiger charge is 2.42. The third kappa shape index (κ3) is 3.43. The minimum absolute atomic E-state index is 0.00778. The lowest BCUT2D eigenvalue weighted by molar-refractivity contribution is -0.152. The summed E-state index contributed by atoms with van der Waals surface area (Å²) in [4.78, 5) is 25.7. The number of hydrogen-bond donors (Lipinski definition) is 0. The molecule has 0 spiro atoms. The Morgan fingerprint density at radius 3 is 2.77 bits per heavy atom. The monoisotopic (exact) mass is 369 g/mol. The first-order chi connectivity index (χ1) is 10.5. The smallest absolute Gasteiger partial charge is 0.318 e. The number of benzene rings is 1. The second-order valence-corrected chi connectivity index (χ2v) is 6.16. The van der Waals surface area contributed by atoms with Gasteiger partial charge in [-0.15, -0.1) is 0 Å². The van der Waals surface area contributed by atoms with Crippen molar-refractivity contribution in [2.24, 2.45) is 5.92 Å². The molecule has 22 heavy (non-hydrogen) atoms. The second kappa shape index (κ2) is 7.13. The van der Waals surface area contributed by atoms with Gasteiger partial charge in [0.1, 0.15) is 11.7 Å². The number of hydrogen-bond acceptors (Lipinski definition) is 4. The van der Waals surface area contributed by atoms with Crippen LogP contribution in [0.4, 0.5) is 0 Å². The summed E-state index contributed by atoms with van der Waals surface area (Å²) in [6.45, 7) is 2.04. The molecule has 1 aromatic carbocycles. The first-order valence-corrected chi connectivity index (χ1v) is 8.03. The van der Waals surface area contributed by atoms with Crippen LogP contribution in [-0.4, -0.2) is 43.6 Å². The summed E-state index contributed by atoms with van der Waals surface area (Å²) in [5.41, 5.74) is 1.08. The number of nitrogens with zero attached hydrogens (tertiary/aromatic N) is 1. The fourth-order valence-electron chi connectivity index (χ4n) is 2.69. The van der Waals surface area contributed by atoms with E-state index in [4.69, 9.17) is 9.47 Å². The summed E-state index contributed by atoms with van der Waals surface area (Å²) in [5.74, 6) is -0.480. The first kappa shape index (κ1) is 16.8. The van der Waals surface area contributed by atoms with E-state index in [1.54, 1.807) is 26.0 Å². The van der Waals surface area contributed by atoms with E-state index in [-0.39, 0.29) is 11.9 Å². The molecule has 1 aliphatic heterocycles. The van der Waals surface area contributed by atoms with Gasteiger partial charge in [-0.3, -0.25) is 9.59 Å². The van der Waals surface area contributed by atoms with Gasteiger partial charge in [0.15, 0.2) is 0 Å². The molecule has 120 valence electrons. The third-order valence-electron chi connectivity index (χ3n) is 3.99. The van der Waals surface area contributed by atoms with Gasteiger partial charge in [-0.05, 0) is 37.5 Å². The number of likely N-dealkylation sites (N-methyl/N-ethyl adjacent to an activating group) is 1. The van der Waals surface area contributed by atoms with Crippen LogP contribution < -0.4 is 4.74 Å². The zero-order chi connectivity index (χ0) is 16.3. The Bertz CT molecular complexity index is 575. The minimum Gasteiger partial charge on any atom is -0.497 e. The molecule has 0 aliphatic carbocycles. The molecule has 1 unspecified atom stereocenters. The molecule has 1 amide bonds. The van der Waals surface area contributed by atoms with Crippen LogP contribution in [0.15, 0.2) is 22.7 Å². The minimum atomic E-state index is -0.674. The van der Waals surface area contributed by atoms with Crippen molar-refractivity contribution in [1.82, 2.24) is 4.90 Å². The quantitative estimate of drug-likeness (QED) is 0.590. The van der Waals surface area contributed by atoms with Gasteiger partial charge in [0.2, 0.25) is 5.91 Å². The lowest BCUT2D eigenvalue weighted by Crippen LogP contribution is -2.32. The molecule has 1 aromatic rings. The Balaban J connectivity index is 2.10. The van der Waals surface area contributed by atoms with E-state index < -0.39 is 11.9 Å². The second-order valence-electron chi connectivity index (χ2n) is 5.30. The number of rotatable bonds is 5. The molecule has 0 N–H and O–H groups in total. The lowest BCUT2D eigenvalue weighted by atomic mass is 9.99. The van der Waals surface area contributed by atoms with E-state index in [2.05, 4.69) is 15.9 Å². The van der Waals surface area contributed by atoms with Crippen molar-refractivity contribution in [3.05, 3.63) is 28.2 Å². The highest BCUT2D eigenvalue weighted by molar-refractivity contribution is 9.10. The van der Waals surface area contributed by atoms with Crippen LogP contribution in [0.5, 0.6) is 5.75 Å². The standard InChI is InChI=1S/C16H20BrNO4/c1-4-22-16(20)13-8-11(18(2)15(13)19)7-10-5-6-12(21-3)9-14(10)17/h5-6,9,11,13H,4,7-8H2,1-3H3/t11-,13?/m1/s1.